The topological polar surface area (TPSA) is 360 Å². The molecule has 17 N–H and O–H groups in total. The van der Waals surface area contributed by atoms with Crippen LogP contribution in [0.1, 0.15) is 44.9 Å². The van der Waals surface area contributed by atoms with Crippen molar-refractivity contribution in [2.24, 2.45) is 44.4 Å². The van der Waals surface area contributed by atoms with Crippen molar-refractivity contribution in [3.05, 3.63) is 0 Å². The lowest BCUT2D eigenvalue weighted by Crippen LogP contribution is -2.57. The Morgan fingerprint density at radius 3 is 1.45 bits per heavy atom. The second-order valence-corrected chi connectivity index (χ2v) is 8.63. The van der Waals surface area contributed by atoms with E-state index in [9.17, 15) is 33.9 Å². The van der Waals surface area contributed by atoms with Gasteiger partial charge in [-0.05, 0) is 32.1 Å². The Labute approximate surface area is 229 Å². The monoisotopic (exact) mass is 573 g/mol. The Balaban J connectivity index is 5.80. The number of carboxylic acid groups (broad SMARTS) is 2. The van der Waals surface area contributed by atoms with Crippen molar-refractivity contribution in [2.45, 2.75) is 69.1 Å². The van der Waals surface area contributed by atoms with E-state index in [1.807, 2.05) is 0 Å². The average molecular weight is 574 g/mol. The van der Waals surface area contributed by atoms with Gasteiger partial charge < -0.3 is 60.6 Å². The van der Waals surface area contributed by atoms with Crippen LogP contribution in [0.5, 0.6) is 0 Å². The Kier molecular flexibility index (Phi) is 16.4. The number of primary amides is 1. The van der Waals surface area contributed by atoms with E-state index in [-0.39, 0.29) is 50.7 Å². The molecule has 0 radical (unpaired) electrons. The molecule has 4 unspecified atom stereocenters. The van der Waals surface area contributed by atoms with E-state index in [1.54, 1.807) is 0 Å². The SMILES string of the molecule is NC(=O)CC(N)C(=O)NC(CCCN=C(N)N)C(=O)NC(CCCN=C(N)N)C(=O)NC(CCC(=O)O)C(=O)O. The predicted molar refractivity (Wildman–Crippen MR) is 142 cm³/mol. The standard InChI is InChI=1S/C21H39N11O8/c22-10(9-14(23)33)16(36)30-11(3-1-7-28-20(24)25)17(37)31-12(4-2-8-29-21(26)27)18(38)32-13(19(39)40)5-6-15(34)35/h10-13H,1-9,22H2,(H2,23,33)(H,30,36)(H,31,37)(H,32,38)(H,34,35)(H,39,40)(H4,24,25,28)(H4,26,27,29). The Hall–Kier alpha value is -4.68. The van der Waals surface area contributed by atoms with E-state index in [0.29, 0.717) is 0 Å². The molecule has 0 aromatic heterocycles. The van der Waals surface area contributed by atoms with E-state index in [1.165, 1.54) is 0 Å². The van der Waals surface area contributed by atoms with Gasteiger partial charge in [-0.15, -0.1) is 0 Å². The van der Waals surface area contributed by atoms with Crippen LogP contribution in [-0.4, -0.2) is 95.0 Å². The fourth-order valence-corrected chi connectivity index (χ4v) is 3.20. The number of hydrogen-bond acceptors (Lipinski definition) is 9. The molecule has 4 amide bonds. The van der Waals surface area contributed by atoms with Crippen LogP contribution in [0.2, 0.25) is 0 Å². The maximum absolute atomic E-state index is 13.2. The number of amides is 4. The summed E-state index contributed by atoms with van der Waals surface area (Å²) in [7, 11) is 0. The van der Waals surface area contributed by atoms with E-state index in [4.69, 9.17) is 39.5 Å². The van der Waals surface area contributed by atoms with E-state index in [2.05, 4.69) is 25.9 Å². The summed E-state index contributed by atoms with van der Waals surface area (Å²) in [5.74, 6) is -6.62. The van der Waals surface area contributed by atoms with E-state index < -0.39 is 79.0 Å². The number of carbonyl (C=O) groups excluding carboxylic acids is 4. The molecule has 0 aliphatic carbocycles. The molecule has 226 valence electrons. The highest BCUT2D eigenvalue weighted by Crippen LogP contribution is 2.06. The number of rotatable bonds is 20. The predicted octanol–water partition coefficient (Wildman–Crippen LogP) is -5.30. The second-order valence-electron chi connectivity index (χ2n) is 8.63. The average Bonchev–Trinajstić information content (AvgIpc) is 2.83. The zero-order valence-electron chi connectivity index (χ0n) is 21.9. The first-order valence-electron chi connectivity index (χ1n) is 12.1. The third kappa shape index (κ3) is 16.2. The molecule has 4 atom stereocenters. The van der Waals surface area contributed by atoms with Crippen LogP contribution in [0.15, 0.2) is 9.98 Å². The number of aliphatic carboxylic acids is 2. The highest BCUT2D eigenvalue weighted by molar-refractivity contribution is 5.95. The van der Waals surface area contributed by atoms with Crippen molar-refractivity contribution >= 4 is 47.5 Å². The molecule has 19 heteroatoms. The third-order valence-electron chi connectivity index (χ3n) is 5.18. The lowest BCUT2D eigenvalue weighted by Gasteiger charge is -2.25. The van der Waals surface area contributed by atoms with Crippen molar-refractivity contribution in [1.29, 1.82) is 0 Å². The summed E-state index contributed by atoms with van der Waals surface area (Å²) in [6.07, 6.45) is -1.13. The Bertz CT molecular complexity index is 964. The van der Waals surface area contributed by atoms with Crippen LogP contribution in [-0.2, 0) is 28.8 Å². The van der Waals surface area contributed by atoms with Gasteiger partial charge in [-0.3, -0.25) is 34.0 Å². The number of nitrogens with two attached hydrogens (primary N) is 6. The number of aliphatic imine (C=N–C) groups is 2. The number of nitrogens with zero attached hydrogens (tertiary/aromatic N) is 2. The summed E-state index contributed by atoms with van der Waals surface area (Å²) in [4.78, 5) is 79.6. The molecule has 0 rings (SSSR count). The summed E-state index contributed by atoms with van der Waals surface area (Å²) >= 11 is 0. The molecule has 40 heavy (non-hydrogen) atoms. The van der Waals surface area contributed by atoms with Crippen LogP contribution in [0.4, 0.5) is 0 Å². The van der Waals surface area contributed by atoms with Crippen molar-refractivity contribution in [2.75, 3.05) is 13.1 Å². The minimum absolute atomic E-state index is 0.0175. The molecule has 0 bridgehead atoms. The largest absolute Gasteiger partial charge is 0.481 e. The summed E-state index contributed by atoms with van der Waals surface area (Å²) in [6.45, 7) is 0.172. The fraction of sp³-hybridized carbons (Fsp3) is 0.619. The highest BCUT2D eigenvalue weighted by atomic mass is 16.4. The summed E-state index contributed by atoms with van der Waals surface area (Å²) in [5.41, 5.74) is 31.9. The maximum Gasteiger partial charge on any atom is 0.326 e. The lowest BCUT2D eigenvalue weighted by atomic mass is 10.1. The zero-order valence-corrected chi connectivity index (χ0v) is 21.9. The molecule has 0 fully saturated rings. The van der Waals surface area contributed by atoms with E-state index in [0.717, 1.165) is 0 Å². The van der Waals surface area contributed by atoms with Gasteiger partial charge in [0.2, 0.25) is 23.6 Å². The molecule has 0 aliphatic rings. The molecule has 19 nitrogen and oxygen atoms in total. The van der Waals surface area contributed by atoms with Gasteiger partial charge in [0, 0.05) is 19.5 Å². The molecule has 0 aliphatic heterocycles. The van der Waals surface area contributed by atoms with Gasteiger partial charge in [-0.25, -0.2) is 4.79 Å². The van der Waals surface area contributed by atoms with Crippen LogP contribution < -0.4 is 50.4 Å². The Morgan fingerprint density at radius 1 is 0.650 bits per heavy atom. The maximum atomic E-state index is 13.2. The summed E-state index contributed by atoms with van der Waals surface area (Å²) < 4.78 is 0. The highest BCUT2D eigenvalue weighted by Gasteiger charge is 2.30. The van der Waals surface area contributed by atoms with Crippen LogP contribution >= 0.6 is 0 Å². The first kappa shape index (κ1) is 35.3. The van der Waals surface area contributed by atoms with Crippen molar-refractivity contribution in [3.8, 4) is 0 Å². The van der Waals surface area contributed by atoms with Crippen LogP contribution in [0.25, 0.3) is 0 Å². The number of hydrogen-bond donors (Lipinski definition) is 11. The fourth-order valence-electron chi connectivity index (χ4n) is 3.20. The van der Waals surface area contributed by atoms with Crippen LogP contribution in [0.3, 0.4) is 0 Å². The minimum Gasteiger partial charge on any atom is -0.481 e. The number of carboxylic acids is 2. The molecular formula is C21H39N11O8. The van der Waals surface area contributed by atoms with Gasteiger partial charge in [0.1, 0.15) is 18.1 Å². The Morgan fingerprint density at radius 2 is 1.07 bits per heavy atom. The molecular weight excluding hydrogens is 534 g/mol. The first-order chi connectivity index (χ1) is 18.6. The molecule has 0 aromatic carbocycles. The first-order valence-corrected chi connectivity index (χ1v) is 12.1. The van der Waals surface area contributed by atoms with Gasteiger partial charge in [0.05, 0.1) is 12.5 Å². The number of carbonyl (C=O) groups is 6. The van der Waals surface area contributed by atoms with Crippen molar-refractivity contribution < 1.29 is 39.0 Å². The summed E-state index contributed by atoms with van der Waals surface area (Å²) in [6, 6.07) is -5.50. The second kappa shape index (κ2) is 18.6. The van der Waals surface area contributed by atoms with Gasteiger partial charge >= 0.3 is 11.9 Å². The molecule has 0 saturated carbocycles. The lowest BCUT2D eigenvalue weighted by molar-refractivity contribution is -0.143. The number of guanidine groups is 2. The van der Waals surface area contributed by atoms with Gasteiger partial charge in [-0.1, -0.05) is 0 Å². The van der Waals surface area contributed by atoms with E-state index >= 15 is 0 Å². The number of nitrogens with one attached hydrogen (secondary N) is 3. The summed E-state index contributed by atoms with van der Waals surface area (Å²) in [5, 5.41) is 25.3. The van der Waals surface area contributed by atoms with Gasteiger partial charge in [-0.2, -0.15) is 0 Å². The van der Waals surface area contributed by atoms with Crippen molar-refractivity contribution in [3.63, 3.8) is 0 Å². The zero-order chi connectivity index (χ0) is 30.8. The quantitative estimate of drug-likeness (QED) is 0.0368. The molecule has 0 spiro atoms. The van der Waals surface area contributed by atoms with Gasteiger partial charge in [0.25, 0.3) is 0 Å². The molecule has 0 saturated heterocycles. The minimum atomic E-state index is -1.55. The normalized spacial score (nSPS) is 13.4. The third-order valence-corrected chi connectivity index (χ3v) is 5.18. The molecule has 0 aromatic rings. The van der Waals surface area contributed by atoms with Crippen LogP contribution in [0, 0.1) is 0 Å². The molecule has 0 heterocycles. The van der Waals surface area contributed by atoms with Gasteiger partial charge in [0.15, 0.2) is 11.9 Å². The smallest absolute Gasteiger partial charge is 0.326 e. The van der Waals surface area contributed by atoms with Crippen molar-refractivity contribution in [1.82, 2.24) is 16.0 Å².